The van der Waals surface area contributed by atoms with Gasteiger partial charge in [0.15, 0.2) is 0 Å². The minimum absolute atomic E-state index is 0.478. The molecule has 0 N–H and O–H groups in total. The van der Waals surface area contributed by atoms with Crippen LogP contribution in [-0.2, 0) is 0 Å². The Kier molecular flexibility index (Phi) is 7.87. The lowest BCUT2D eigenvalue weighted by atomic mass is 9.80. The van der Waals surface area contributed by atoms with Crippen LogP contribution in [0, 0.1) is 22.7 Å². The Morgan fingerprint density at radius 1 is 0.360 bits per heavy atom. The van der Waals surface area contributed by atoms with Gasteiger partial charge in [0, 0.05) is 58.2 Å². The van der Waals surface area contributed by atoms with Gasteiger partial charge < -0.3 is 0 Å². The lowest BCUT2D eigenvalue weighted by molar-refractivity contribution is 1.26. The van der Waals surface area contributed by atoms with E-state index < -0.39 is 0 Å². The summed E-state index contributed by atoms with van der Waals surface area (Å²) in [5, 5.41) is 21.2. The number of aromatic nitrogens is 4. The maximum absolute atomic E-state index is 9.56. The summed E-state index contributed by atoms with van der Waals surface area (Å²) >= 11 is 0. The average molecular weight is 639 g/mol. The van der Waals surface area contributed by atoms with Crippen molar-refractivity contribution in [1.82, 2.24) is 19.9 Å². The van der Waals surface area contributed by atoms with Crippen molar-refractivity contribution in [2.75, 3.05) is 0 Å². The van der Waals surface area contributed by atoms with Gasteiger partial charge in [-0.05, 0) is 58.3 Å². The van der Waals surface area contributed by atoms with E-state index in [1.165, 1.54) is 0 Å². The molecule has 4 aromatic heterocycles. The average Bonchev–Trinajstić information content (AvgIpc) is 3.20. The zero-order chi connectivity index (χ0) is 33.9. The zero-order valence-corrected chi connectivity index (χ0v) is 26.7. The van der Waals surface area contributed by atoms with Crippen molar-refractivity contribution in [3.63, 3.8) is 0 Å². The molecular weight excluding hydrogens is 613 g/mol. The molecule has 0 atom stereocenters. The second-order valence-corrected chi connectivity index (χ2v) is 11.7. The Hall–Kier alpha value is -7.28. The standard InChI is InChI=1S/C44H26N6/c45-23-29-21-33(27-47-25-29)37-17-9-19-39(49-37)43-35-15-7-8-16-36(35)44(40-20-10-18-38(50-40)34-22-30(24-46)26-48-28-34)42(32-13-5-2-6-14-32)41(43)31-11-3-1-4-12-31/h1-22,25-28H. The maximum Gasteiger partial charge on any atom is 0.101 e. The summed E-state index contributed by atoms with van der Waals surface area (Å²) in [4.78, 5) is 19.1. The van der Waals surface area contributed by atoms with E-state index in [9.17, 15) is 10.5 Å². The van der Waals surface area contributed by atoms with Gasteiger partial charge in [0.2, 0.25) is 0 Å². The molecule has 0 unspecified atom stereocenters. The molecule has 0 aliphatic heterocycles. The number of hydrogen-bond donors (Lipinski definition) is 0. The van der Waals surface area contributed by atoms with Crippen molar-refractivity contribution in [3.8, 4) is 79.4 Å². The number of nitriles is 2. The Morgan fingerprint density at radius 2 is 0.760 bits per heavy atom. The lowest BCUT2D eigenvalue weighted by Crippen LogP contribution is -2.00. The Morgan fingerprint density at radius 3 is 1.18 bits per heavy atom. The summed E-state index contributed by atoms with van der Waals surface area (Å²) in [5.74, 6) is 0. The molecule has 4 heterocycles. The Balaban J connectivity index is 1.49. The van der Waals surface area contributed by atoms with Gasteiger partial charge in [0.25, 0.3) is 0 Å². The van der Waals surface area contributed by atoms with Gasteiger partial charge in [-0.1, -0.05) is 97.1 Å². The zero-order valence-electron chi connectivity index (χ0n) is 26.7. The van der Waals surface area contributed by atoms with E-state index >= 15 is 0 Å². The van der Waals surface area contributed by atoms with Crippen LogP contribution in [0.3, 0.4) is 0 Å². The Labute approximate surface area is 289 Å². The molecule has 0 saturated carbocycles. The van der Waals surface area contributed by atoms with E-state index in [-0.39, 0.29) is 0 Å². The number of pyridine rings is 4. The van der Waals surface area contributed by atoms with E-state index in [0.29, 0.717) is 11.1 Å². The molecule has 6 nitrogen and oxygen atoms in total. The normalized spacial score (nSPS) is 10.8. The van der Waals surface area contributed by atoms with Gasteiger partial charge in [-0.2, -0.15) is 10.5 Å². The van der Waals surface area contributed by atoms with E-state index in [1.54, 1.807) is 24.8 Å². The molecule has 50 heavy (non-hydrogen) atoms. The van der Waals surface area contributed by atoms with Crippen LogP contribution in [0.4, 0.5) is 0 Å². The monoisotopic (exact) mass is 638 g/mol. The maximum atomic E-state index is 9.56. The van der Waals surface area contributed by atoms with E-state index in [0.717, 1.165) is 78.1 Å². The number of nitrogens with zero attached hydrogens (tertiary/aromatic N) is 6. The van der Waals surface area contributed by atoms with Crippen LogP contribution in [0.1, 0.15) is 11.1 Å². The topological polar surface area (TPSA) is 99.1 Å². The predicted octanol–water partition coefficient (Wildman–Crippen LogP) is 10.2. The molecule has 6 heteroatoms. The van der Waals surface area contributed by atoms with Crippen LogP contribution >= 0.6 is 0 Å². The summed E-state index contributed by atoms with van der Waals surface area (Å²) in [5.41, 5.74) is 11.6. The molecule has 0 fully saturated rings. The summed E-state index contributed by atoms with van der Waals surface area (Å²) in [6, 6.07) is 49.2. The van der Waals surface area contributed by atoms with Crippen LogP contribution in [0.25, 0.3) is 78.1 Å². The van der Waals surface area contributed by atoms with Gasteiger partial charge in [-0.15, -0.1) is 0 Å². The van der Waals surface area contributed by atoms with Crippen LogP contribution in [0.2, 0.25) is 0 Å². The summed E-state index contributed by atoms with van der Waals surface area (Å²) in [6.07, 6.45) is 6.59. The van der Waals surface area contributed by atoms with Gasteiger partial charge >= 0.3 is 0 Å². The Bertz CT molecular complexity index is 2440. The fourth-order valence-electron chi connectivity index (χ4n) is 6.51. The predicted molar refractivity (Wildman–Crippen MR) is 197 cm³/mol. The minimum Gasteiger partial charge on any atom is -0.263 e. The molecule has 0 aliphatic carbocycles. The highest BCUT2D eigenvalue weighted by molar-refractivity contribution is 6.17. The van der Waals surface area contributed by atoms with Crippen molar-refractivity contribution in [2.24, 2.45) is 0 Å². The smallest absolute Gasteiger partial charge is 0.101 e. The van der Waals surface area contributed by atoms with E-state index in [1.807, 2.05) is 60.7 Å². The van der Waals surface area contributed by atoms with Crippen molar-refractivity contribution in [3.05, 3.63) is 169 Å². The highest BCUT2D eigenvalue weighted by Gasteiger charge is 2.25. The number of benzene rings is 4. The summed E-state index contributed by atoms with van der Waals surface area (Å²) < 4.78 is 0. The lowest BCUT2D eigenvalue weighted by Gasteiger charge is -2.23. The first kappa shape index (κ1) is 30.1. The third kappa shape index (κ3) is 5.54. The molecule has 0 aliphatic rings. The highest BCUT2D eigenvalue weighted by atomic mass is 14.7. The number of fused-ring (bicyclic) bond motifs is 1. The molecule has 0 saturated heterocycles. The first-order valence-electron chi connectivity index (χ1n) is 16.1. The third-order valence-corrected chi connectivity index (χ3v) is 8.68. The largest absolute Gasteiger partial charge is 0.263 e. The van der Waals surface area contributed by atoms with E-state index in [2.05, 4.69) is 94.9 Å². The van der Waals surface area contributed by atoms with Crippen LogP contribution in [0.15, 0.2) is 158 Å². The van der Waals surface area contributed by atoms with Gasteiger partial charge in [-0.25, -0.2) is 9.97 Å². The third-order valence-electron chi connectivity index (χ3n) is 8.68. The second kappa shape index (κ2) is 13.1. The van der Waals surface area contributed by atoms with Gasteiger partial charge in [0.1, 0.15) is 12.1 Å². The summed E-state index contributed by atoms with van der Waals surface area (Å²) in [6.45, 7) is 0. The first-order chi connectivity index (χ1) is 24.7. The van der Waals surface area contributed by atoms with Crippen LogP contribution in [-0.4, -0.2) is 19.9 Å². The van der Waals surface area contributed by atoms with Gasteiger partial charge in [-0.3, -0.25) is 9.97 Å². The molecule has 0 bridgehead atoms. The molecular formula is C44H26N6. The van der Waals surface area contributed by atoms with Crippen molar-refractivity contribution in [2.45, 2.75) is 0 Å². The second-order valence-electron chi connectivity index (χ2n) is 11.7. The van der Waals surface area contributed by atoms with Crippen molar-refractivity contribution < 1.29 is 0 Å². The highest BCUT2D eigenvalue weighted by Crippen LogP contribution is 2.50. The molecule has 0 radical (unpaired) electrons. The quantitative estimate of drug-likeness (QED) is 0.180. The molecule has 8 aromatic rings. The number of hydrogen-bond acceptors (Lipinski definition) is 6. The molecule has 232 valence electrons. The van der Waals surface area contributed by atoms with Crippen LogP contribution < -0.4 is 0 Å². The van der Waals surface area contributed by atoms with Crippen LogP contribution in [0.5, 0.6) is 0 Å². The molecule has 4 aromatic carbocycles. The number of rotatable bonds is 6. The fourth-order valence-corrected chi connectivity index (χ4v) is 6.51. The molecule has 0 amide bonds. The first-order valence-corrected chi connectivity index (χ1v) is 16.1. The van der Waals surface area contributed by atoms with Crippen molar-refractivity contribution >= 4 is 10.8 Å². The SMILES string of the molecule is N#Cc1cncc(-c2cccc(-c3c(-c4ccccc4)c(-c4ccccc4)c(-c4cccc(-c5cncc(C#N)c5)n4)c4ccccc34)n2)c1. The molecule has 0 spiro atoms. The summed E-state index contributed by atoms with van der Waals surface area (Å²) in [7, 11) is 0. The van der Waals surface area contributed by atoms with Gasteiger partial charge in [0.05, 0.1) is 33.9 Å². The van der Waals surface area contributed by atoms with E-state index in [4.69, 9.17) is 9.97 Å². The molecule has 8 rings (SSSR count). The van der Waals surface area contributed by atoms with Crippen molar-refractivity contribution in [1.29, 1.82) is 10.5 Å². The minimum atomic E-state index is 0.478. The fraction of sp³-hybridized carbons (Fsp3) is 0.